The van der Waals surface area contributed by atoms with Crippen molar-refractivity contribution in [3.63, 3.8) is 0 Å². The largest absolute Gasteiger partial charge is 0.396 e. The fourth-order valence-electron chi connectivity index (χ4n) is 1.52. The van der Waals surface area contributed by atoms with E-state index in [4.69, 9.17) is 5.11 Å². The van der Waals surface area contributed by atoms with Crippen LogP contribution in [0.4, 0.5) is 0 Å². The third kappa shape index (κ3) is 0.555. The van der Waals surface area contributed by atoms with Crippen LogP contribution in [0, 0.1) is 5.92 Å². The molecule has 0 radical (unpaired) electrons. The Morgan fingerprint density at radius 3 is 3.10 bits per heavy atom. The molecular formula is C7H9NO2. The molecule has 2 aliphatic rings. The van der Waals surface area contributed by atoms with E-state index in [-0.39, 0.29) is 24.5 Å². The molecule has 10 heavy (non-hydrogen) atoms. The topological polar surface area (TPSA) is 40.5 Å². The molecule has 1 N–H and O–H groups in total. The van der Waals surface area contributed by atoms with Crippen LogP contribution in [-0.2, 0) is 4.79 Å². The van der Waals surface area contributed by atoms with E-state index in [2.05, 4.69) is 0 Å². The summed E-state index contributed by atoms with van der Waals surface area (Å²) in [7, 11) is 0. The Morgan fingerprint density at radius 2 is 2.60 bits per heavy atom. The zero-order chi connectivity index (χ0) is 7.14. The van der Waals surface area contributed by atoms with E-state index < -0.39 is 0 Å². The minimum atomic E-state index is 0.158. The Balaban J connectivity index is 2.10. The zero-order valence-electron chi connectivity index (χ0n) is 5.53. The minimum Gasteiger partial charge on any atom is -0.396 e. The van der Waals surface area contributed by atoms with Crippen molar-refractivity contribution in [3.05, 3.63) is 12.3 Å². The molecule has 0 aromatic carbocycles. The quantitative estimate of drug-likeness (QED) is 0.508. The molecular weight excluding hydrogens is 130 g/mol. The van der Waals surface area contributed by atoms with Crippen LogP contribution in [0.3, 0.4) is 0 Å². The lowest BCUT2D eigenvalue weighted by Gasteiger charge is -2.36. The second-order valence-electron chi connectivity index (χ2n) is 2.76. The van der Waals surface area contributed by atoms with Gasteiger partial charge in [0.15, 0.2) is 0 Å². The first kappa shape index (κ1) is 5.92. The van der Waals surface area contributed by atoms with E-state index in [1.165, 1.54) is 0 Å². The monoisotopic (exact) mass is 139 g/mol. The van der Waals surface area contributed by atoms with Crippen LogP contribution in [0.25, 0.3) is 0 Å². The summed E-state index contributed by atoms with van der Waals surface area (Å²) < 4.78 is 0. The van der Waals surface area contributed by atoms with Gasteiger partial charge in [0, 0.05) is 18.5 Å². The minimum absolute atomic E-state index is 0.158. The molecule has 1 unspecified atom stereocenters. The van der Waals surface area contributed by atoms with Gasteiger partial charge in [0.2, 0.25) is 5.91 Å². The van der Waals surface area contributed by atoms with Crippen LogP contribution in [0.1, 0.15) is 6.42 Å². The van der Waals surface area contributed by atoms with Gasteiger partial charge in [-0.05, 0) is 0 Å². The second-order valence-corrected chi connectivity index (χ2v) is 2.76. The molecule has 0 saturated carbocycles. The molecule has 0 aromatic heterocycles. The molecule has 0 bridgehead atoms. The van der Waals surface area contributed by atoms with Gasteiger partial charge in [-0.3, -0.25) is 4.79 Å². The van der Waals surface area contributed by atoms with Crippen molar-refractivity contribution in [3.8, 4) is 0 Å². The zero-order valence-corrected chi connectivity index (χ0v) is 5.53. The summed E-state index contributed by atoms with van der Waals surface area (Å²) in [5.41, 5.74) is 0. The third-order valence-electron chi connectivity index (χ3n) is 2.23. The van der Waals surface area contributed by atoms with Gasteiger partial charge in [0.25, 0.3) is 0 Å². The number of hydrogen-bond donors (Lipinski definition) is 1. The van der Waals surface area contributed by atoms with E-state index in [1.807, 2.05) is 6.08 Å². The standard InChI is InChI=1S/C7H9NO2/c9-4-5-1-2-8-6(5)3-7(8)10/h1-2,5-6,9H,3-4H2/t5?,6-/m0/s1. The van der Waals surface area contributed by atoms with E-state index in [9.17, 15) is 4.79 Å². The Labute approximate surface area is 58.9 Å². The first-order chi connectivity index (χ1) is 4.83. The van der Waals surface area contributed by atoms with Crippen molar-refractivity contribution in [1.29, 1.82) is 0 Å². The predicted octanol–water partition coefficient (Wildman–Crippen LogP) is -0.277. The molecule has 2 atom stereocenters. The summed E-state index contributed by atoms with van der Waals surface area (Å²) in [5.74, 6) is 0.370. The van der Waals surface area contributed by atoms with Gasteiger partial charge in [-0.15, -0.1) is 0 Å². The maximum Gasteiger partial charge on any atom is 0.228 e. The average molecular weight is 139 g/mol. The Hall–Kier alpha value is -0.830. The number of β-lactam (4-membered cyclic amide) rings is 1. The molecule has 0 aliphatic carbocycles. The van der Waals surface area contributed by atoms with Crippen LogP contribution in [0.15, 0.2) is 12.3 Å². The summed E-state index contributed by atoms with van der Waals surface area (Å²) in [6.07, 6.45) is 4.28. The summed E-state index contributed by atoms with van der Waals surface area (Å²) in [5, 5.41) is 8.79. The molecule has 0 aromatic rings. The van der Waals surface area contributed by atoms with Gasteiger partial charge >= 0.3 is 0 Å². The van der Waals surface area contributed by atoms with Gasteiger partial charge in [-0.25, -0.2) is 0 Å². The Kier molecular flexibility index (Phi) is 1.08. The lowest BCUT2D eigenvalue weighted by molar-refractivity contribution is -0.141. The first-order valence-corrected chi connectivity index (χ1v) is 3.43. The Morgan fingerprint density at radius 1 is 1.80 bits per heavy atom. The van der Waals surface area contributed by atoms with Crippen LogP contribution in [0.5, 0.6) is 0 Å². The molecule has 54 valence electrons. The summed E-state index contributed by atoms with van der Waals surface area (Å²) in [4.78, 5) is 12.5. The second kappa shape index (κ2) is 1.83. The number of rotatable bonds is 1. The van der Waals surface area contributed by atoms with Crippen LogP contribution in [-0.4, -0.2) is 28.6 Å². The molecule has 2 rings (SSSR count). The first-order valence-electron chi connectivity index (χ1n) is 3.43. The number of fused-ring (bicyclic) bond motifs is 1. The van der Waals surface area contributed by atoms with Crippen molar-refractivity contribution < 1.29 is 9.90 Å². The normalized spacial score (nSPS) is 36.1. The number of aliphatic hydroxyl groups is 1. The highest BCUT2D eigenvalue weighted by atomic mass is 16.3. The van der Waals surface area contributed by atoms with Gasteiger partial charge in [0.05, 0.1) is 12.6 Å². The van der Waals surface area contributed by atoms with Crippen molar-refractivity contribution in [1.82, 2.24) is 4.90 Å². The van der Waals surface area contributed by atoms with Gasteiger partial charge < -0.3 is 10.0 Å². The SMILES string of the molecule is O=C1C[C@H]2C(CO)C=CN12. The fraction of sp³-hybridized carbons (Fsp3) is 0.571. The molecule has 2 heterocycles. The van der Waals surface area contributed by atoms with E-state index in [1.54, 1.807) is 11.1 Å². The van der Waals surface area contributed by atoms with Crippen LogP contribution >= 0.6 is 0 Å². The summed E-state index contributed by atoms with van der Waals surface area (Å²) >= 11 is 0. The van der Waals surface area contributed by atoms with Gasteiger partial charge in [-0.1, -0.05) is 6.08 Å². The average Bonchev–Trinajstić information content (AvgIpc) is 2.25. The highest BCUT2D eigenvalue weighted by Crippen LogP contribution is 2.32. The lowest BCUT2D eigenvalue weighted by Crippen LogP contribution is -2.49. The predicted molar refractivity (Wildman–Crippen MR) is 35.0 cm³/mol. The highest BCUT2D eigenvalue weighted by molar-refractivity contribution is 5.85. The molecule has 0 spiro atoms. The smallest absolute Gasteiger partial charge is 0.228 e. The van der Waals surface area contributed by atoms with Crippen molar-refractivity contribution in [2.45, 2.75) is 12.5 Å². The molecule has 3 heteroatoms. The molecule has 3 nitrogen and oxygen atoms in total. The molecule has 1 saturated heterocycles. The third-order valence-corrected chi connectivity index (χ3v) is 2.23. The maximum atomic E-state index is 10.8. The van der Waals surface area contributed by atoms with Crippen LogP contribution < -0.4 is 0 Å². The highest BCUT2D eigenvalue weighted by Gasteiger charge is 2.42. The molecule has 2 aliphatic heterocycles. The number of aliphatic hydroxyl groups excluding tert-OH is 1. The Bertz CT molecular complexity index is 200. The van der Waals surface area contributed by atoms with Crippen molar-refractivity contribution >= 4 is 5.91 Å². The van der Waals surface area contributed by atoms with Gasteiger partial charge in [0.1, 0.15) is 0 Å². The van der Waals surface area contributed by atoms with E-state index in [0.29, 0.717) is 6.42 Å². The summed E-state index contributed by atoms with van der Waals surface area (Å²) in [6, 6.07) is 0.275. The molecule has 1 amide bonds. The van der Waals surface area contributed by atoms with E-state index >= 15 is 0 Å². The maximum absolute atomic E-state index is 10.8. The van der Waals surface area contributed by atoms with Crippen molar-refractivity contribution in [2.75, 3.05) is 6.61 Å². The number of hydrogen-bond acceptors (Lipinski definition) is 2. The summed E-state index contributed by atoms with van der Waals surface area (Å²) in [6.45, 7) is 0.158. The fourth-order valence-corrected chi connectivity index (χ4v) is 1.52. The van der Waals surface area contributed by atoms with Crippen LogP contribution in [0.2, 0.25) is 0 Å². The number of amides is 1. The van der Waals surface area contributed by atoms with Crippen molar-refractivity contribution in [2.24, 2.45) is 5.92 Å². The number of carbonyl (C=O) groups excluding carboxylic acids is 1. The molecule has 1 fully saturated rings. The lowest BCUT2D eigenvalue weighted by atomic mass is 9.93. The van der Waals surface area contributed by atoms with E-state index in [0.717, 1.165) is 0 Å². The number of nitrogens with zero attached hydrogens (tertiary/aromatic N) is 1. The van der Waals surface area contributed by atoms with Gasteiger partial charge in [-0.2, -0.15) is 0 Å². The number of carbonyl (C=O) groups is 1.